The molecule has 0 radical (unpaired) electrons. The van der Waals surface area contributed by atoms with Crippen LogP contribution in [-0.4, -0.2) is 50.0 Å². The van der Waals surface area contributed by atoms with Gasteiger partial charge < -0.3 is 9.84 Å². The Morgan fingerprint density at radius 2 is 1.94 bits per heavy atom. The Labute approximate surface area is 104 Å². The minimum absolute atomic E-state index is 0.200. The van der Waals surface area contributed by atoms with E-state index in [4.69, 9.17) is 9.84 Å². The third-order valence-electron chi connectivity index (χ3n) is 2.93. The van der Waals surface area contributed by atoms with Crippen molar-refractivity contribution in [3.8, 4) is 0 Å². The van der Waals surface area contributed by atoms with Crippen molar-refractivity contribution >= 4 is 0 Å². The average molecular weight is 237 g/mol. The van der Waals surface area contributed by atoms with Gasteiger partial charge in [0.05, 0.1) is 13.2 Å². The molecule has 17 heavy (non-hydrogen) atoms. The molecule has 1 rings (SSSR count). The highest BCUT2D eigenvalue weighted by atomic mass is 16.5. The quantitative estimate of drug-likeness (QED) is 0.747. The van der Waals surface area contributed by atoms with Crippen LogP contribution in [0.4, 0.5) is 0 Å². The largest absolute Gasteiger partial charge is 0.395 e. The van der Waals surface area contributed by atoms with Gasteiger partial charge in [0.2, 0.25) is 0 Å². The summed E-state index contributed by atoms with van der Waals surface area (Å²) < 4.78 is 5.08. The molecule has 3 heteroatoms. The van der Waals surface area contributed by atoms with Crippen molar-refractivity contribution in [1.29, 1.82) is 0 Å². The molecule has 1 atom stereocenters. The number of rotatable bonds is 8. The van der Waals surface area contributed by atoms with Crippen LogP contribution in [0, 0.1) is 0 Å². The average Bonchev–Trinajstić information content (AvgIpc) is 2.37. The Bertz CT molecular complexity index is 290. The van der Waals surface area contributed by atoms with Crippen molar-refractivity contribution in [2.24, 2.45) is 0 Å². The Morgan fingerprint density at radius 3 is 2.53 bits per heavy atom. The van der Waals surface area contributed by atoms with Crippen molar-refractivity contribution in [3.05, 3.63) is 35.9 Å². The fourth-order valence-electron chi connectivity index (χ4n) is 1.93. The maximum atomic E-state index is 9.04. The second-order valence-corrected chi connectivity index (χ2v) is 4.33. The molecular formula is C14H23NO2. The molecule has 1 aromatic rings. The number of hydrogen-bond donors (Lipinski definition) is 1. The van der Waals surface area contributed by atoms with E-state index in [-0.39, 0.29) is 6.61 Å². The molecule has 0 heterocycles. The molecule has 0 spiro atoms. The number of benzene rings is 1. The molecule has 0 aromatic heterocycles. The van der Waals surface area contributed by atoms with E-state index < -0.39 is 0 Å². The van der Waals surface area contributed by atoms with E-state index in [0.29, 0.717) is 19.1 Å². The lowest BCUT2D eigenvalue weighted by Crippen LogP contribution is -2.33. The van der Waals surface area contributed by atoms with E-state index in [0.717, 1.165) is 13.1 Å². The number of nitrogens with zero attached hydrogens (tertiary/aromatic N) is 1. The van der Waals surface area contributed by atoms with Gasteiger partial charge in [0.1, 0.15) is 0 Å². The van der Waals surface area contributed by atoms with Crippen LogP contribution in [-0.2, 0) is 4.74 Å². The molecule has 0 saturated heterocycles. The van der Waals surface area contributed by atoms with Crippen molar-refractivity contribution in [2.75, 3.05) is 40.0 Å². The summed E-state index contributed by atoms with van der Waals surface area (Å²) in [7, 11) is 1.71. The summed E-state index contributed by atoms with van der Waals surface area (Å²) in [6.07, 6.45) is 0. The van der Waals surface area contributed by atoms with Gasteiger partial charge in [-0.1, -0.05) is 37.3 Å². The Morgan fingerprint density at radius 1 is 1.24 bits per heavy atom. The molecule has 0 amide bonds. The van der Waals surface area contributed by atoms with Crippen molar-refractivity contribution in [1.82, 2.24) is 4.90 Å². The van der Waals surface area contributed by atoms with Crippen LogP contribution in [0.2, 0.25) is 0 Å². The molecule has 96 valence electrons. The van der Waals surface area contributed by atoms with Crippen molar-refractivity contribution in [2.45, 2.75) is 12.8 Å². The molecule has 0 fully saturated rings. The van der Waals surface area contributed by atoms with E-state index in [1.54, 1.807) is 7.11 Å². The topological polar surface area (TPSA) is 32.7 Å². The van der Waals surface area contributed by atoms with Gasteiger partial charge in [-0.25, -0.2) is 0 Å². The van der Waals surface area contributed by atoms with E-state index in [1.165, 1.54) is 5.56 Å². The van der Waals surface area contributed by atoms with Crippen LogP contribution in [0.5, 0.6) is 0 Å². The Kier molecular flexibility index (Phi) is 6.86. The van der Waals surface area contributed by atoms with Crippen LogP contribution < -0.4 is 0 Å². The van der Waals surface area contributed by atoms with Gasteiger partial charge in [0.25, 0.3) is 0 Å². The summed E-state index contributed by atoms with van der Waals surface area (Å²) in [6.45, 7) is 5.65. The predicted molar refractivity (Wildman–Crippen MR) is 70.3 cm³/mol. The summed E-state index contributed by atoms with van der Waals surface area (Å²) in [5, 5.41) is 9.04. The van der Waals surface area contributed by atoms with Gasteiger partial charge >= 0.3 is 0 Å². The number of methoxy groups -OCH3 is 1. The zero-order chi connectivity index (χ0) is 12.5. The summed E-state index contributed by atoms with van der Waals surface area (Å²) >= 11 is 0. The minimum Gasteiger partial charge on any atom is -0.395 e. The summed E-state index contributed by atoms with van der Waals surface area (Å²) in [6, 6.07) is 10.5. The normalized spacial score (nSPS) is 12.9. The fourth-order valence-corrected chi connectivity index (χ4v) is 1.93. The van der Waals surface area contributed by atoms with Crippen molar-refractivity contribution in [3.63, 3.8) is 0 Å². The van der Waals surface area contributed by atoms with E-state index in [1.807, 2.05) is 6.07 Å². The second-order valence-electron chi connectivity index (χ2n) is 4.33. The predicted octanol–water partition coefficient (Wildman–Crippen LogP) is 1.73. The SMILES string of the molecule is COCCN(CCO)CC(C)c1ccccc1. The first-order chi connectivity index (χ1) is 8.27. The van der Waals surface area contributed by atoms with Crippen LogP contribution in [0.15, 0.2) is 30.3 Å². The van der Waals surface area contributed by atoms with Gasteiger partial charge in [-0.15, -0.1) is 0 Å². The molecule has 0 saturated carbocycles. The molecular weight excluding hydrogens is 214 g/mol. The monoisotopic (exact) mass is 237 g/mol. The highest BCUT2D eigenvalue weighted by Gasteiger charge is 2.11. The Balaban J connectivity index is 2.48. The van der Waals surface area contributed by atoms with E-state index in [2.05, 4.69) is 36.1 Å². The zero-order valence-corrected chi connectivity index (χ0v) is 10.8. The molecule has 3 nitrogen and oxygen atoms in total. The number of ether oxygens (including phenoxy) is 1. The molecule has 1 N–H and O–H groups in total. The lowest BCUT2D eigenvalue weighted by atomic mass is 10.0. The third kappa shape index (κ3) is 5.31. The smallest absolute Gasteiger partial charge is 0.0589 e. The molecule has 0 aliphatic heterocycles. The molecule has 1 unspecified atom stereocenters. The van der Waals surface area contributed by atoms with E-state index >= 15 is 0 Å². The number of hydrogen-bond acceptors (Lipinski definition) is 3. The first-order valence-electron chi connectivity index (χ1n) is 6.15. The van der Waals surface area contributed by atoms with Crippen LogP contribution in [0.3, 0.4) is 0 Å². The van der Waals surface area contributed by atoms with Gasteiger partial charge in [0, 0.05) is 26.7 Å². The lowest BCUT2D eigenvalue weighted by Gasteiger charge is -2.24. The number of aliphatic hydroxyl groups is 1. The number of aliphatic hydroxyl groups excluding tert-OH is 1. The minimum atomic E-state index is 0.200. The second kappa shape index (κ2) is 8.23. The molecule has 1 aromatic carbocycles. The first-order valence-corrected chi connectivity index (χ1v) is 6.15. The maximum Gasteiger partial charge on any atom is 0.0589 e. The van der Waals surface area contributed by atoms with Gasteiger partial charge in [0.15, 0.2) is 0 Å². The van der Waals surface area contributed by atoms with Gasteiger partial charge in [-0.05, 0) is 11.5 Å². The summed E-state index contributed by atoms with van der Waals surface area (Å²) in [5.41, 5.74) is 1.34. The molecule has 0 bridgehead atoms. The molecule has 0 aliphatic carbocycles. The van der Waals surface area contributed by atoms with Crippen LogP contribution in [0.1, 0.15) is 18.4 Å². The zero-order valence-electron chi connectivity index (χ0n) is 10.8. The summed E-state index contributed by atoms with van der Waals surface area (Å²) in [4.78, 5) is 2.24. The molecule has 0 aliphatic rings. The van der Waals surface area contributed by atoms with E-state index in [9.17, 15) is 0 Å². The first kappa shape index (κ1) is 14.2. The highest BCUT2D eigenvalue weighted by Crippen LogP contribution is 2.15. The van der Waals surface area contributed by atoms with Gasteiger partial charge in [-0.2, -0.15) is 0 Å². The fraction of sp³-hybridized carbons (Fsp3) is 0.571. The van der Waals surface area contributed by atoms with Crippen LogP contribution >= 0.6 is 0 Å². The lowest BCUT2D eigenvalue weighted by molar-refractivity contribution is 0.127. The van der Waals surface area contributed by atoms with Crippen molar-refractivity contribution < 1.29 is 9.84 Å². The third-order valence-corrected chi connectivity index (χ3v) is 2.93. The maximum absolute atomic E-state index is 9.04. The summed E-state index contributed by atoms with van der Waals surface area (Å²) in [5.74, 6) is 0.472. The van der Waals surface area contributed by atoms with Crippen LogP contribution in [0.25, 0.3) is 0 Å². The standard InChI is InChI=1S/C14H23NO2/c1-13(14-6-4-3-5-7-14)12-15(8-10-16)9-11-17-2/h3-7,13,16H,8-12H2,1-2H3. The Hall–Kier alpha value is -0.900. The van der Waals surface area contributed by atoms with Gasteiger partial charge in [-0.3, -0.25) is 4.90 Å². The highest BCUT2D eigenvalue weighted by molar-refractivity contribution is 5.18.